The van der Waals surface area contributed by atoms with Crippen molar-refractivity contribution < 1.29 is 9.18 Å². The normalized spacial score (nSPS) is 11.3. The Hall–Kier alpha value is -2.87. The van der Waals surface area contributed by atoms with E-state index in [0.29, 0.717) is 16.7 Å². The predicted octanol–water partition coefficient (Wildman–Crippen LogP) is 5.77. The Morgan fingerprint density at radius 3 is 2.66 bits per heavy atom. The van der Waals surface area contributed by atoms with Gasteiger partial charge in [-0.05, 0) is 42.0 Å². The van der Waals surface area contributed by atoms with Gasteiger partial charge >= 0.3 is 0 Å². The van der Waals surface area contributed by atoms with Crippen LogP contribution in [0.2, 0.25) is 10.0 Å². The van der Waals surface area contributed by atoms with Crippen molar-refractivity contribution in [3.8, 4) is 0 Å². The molecule has 1 heterocycles. The highest BCUT2D eigenvalue weighted by atomic mass is 35.5. The molecule has 3 aromatic carbocycles. The van der Waals surface area contributed by atoms with Crippen LogP contribution in [0.3, 0.4) is 0 Å². The van der Waals surface area contributed by atoms with E-state index < -0.39 is 5.82 Å². The van der Waals surface area contributed by atoms with E-state index in [0.717, 1.165) is 16.6 Å². The number of halogens is 3. The van der Waals surface area contributed by atoms with E-state index in [1.165, 1.54) is 30.1 Å². The first kappa shape index (κ1) is 22.3. The number of carbonyl (C=O) groups is 1. The van der Waals surface area contributed by atoms with Crippen LogP contribution in [0.25, 0.3) is 11.0 Å². The molecule has 1 aromatic heterocycles. The van der Waals surface area contributed by atoms with Crippen molar-refractivity contribution in [3.63, 3.8) is 0 Å². The highest BCUT2D eigenvalue weighted by molar-refractivity contribution is 7.99. The standard InChI is InChI=1S/C23H17Cl2FN4OS/c24-16-10-8-15(9-11-16)13-30-21-7-2-1-6-20(21)28-23(30)32-14-22(31)29-27-12-17-18(25)4-3-5-19(17)26/h1-12H,13-14H2,(H,29,31)/b27-12+. The Morgan fingerprint density at radius 1 is 1.09 bits per heavy atom. The van der Waals surface area contributed by atoms with Gasteiger partial charge in [0.1, 0.15) is 5.82 Å². The number of aromatic nitrogens is 2. The maximum Gasteiger partial charge on any atom is 0.250 e. The molecule has 0 atom stereocenters. The molecule has 0 unspecified atom stereocenters. The predicted molar refractivity (Wildman–Crippen MR) is 128 cm³/mol. The van der Waals surface area contributed by atoms with Gasteiger partial charge in [-0.15, -0.1) is 0 Å². The first-order valence-electron chi connectivity index (χ1n) is 9.59. The number of thioether (sulfide) groups is 1. The van der Waals surface area contributed by atoms with Crippen molar-refractivity contribution in [1.82, 2.24) is 15.0 Å². The zero-order valence-electron chi connectivity index (χ0n) is 16.6. The molecule has 0 saturated heterocycles. The van der Waals surface area contributed by atoms with Crippen LogP contribution in [0.5, 0.6) is 0 Å². The van der Waals surface area contributed by atoms with Crippen LogP contribution >= 0.6 is 35.0 Å². The molecule has 0 fully saturated rings. The Bertz CT molecular complexity index is 1270. The number of nitrogens with zero attached hydrogens (tertiary/aromatic N) is 3. The van der Waals surface area contributed by atoms with E-state index in [4.69, 9.17) is 23.2 Å². The van der Waals surface area contributed by atoms with Gasteiger partial charge in [-0.25, -0.2) is 14.8 Å². The number of hydrogen-bond acceptors (Lipinski definition) is 4. The maximum atomic E-state index is 13.8. The molecule has 4 rings (SSSR count). The fourth-order valence-electron chi connectivity index (χ4n) is 3.05. The number of nitrogens with one attached hydrogen (secondary N) is 1. The van der Waals surface area contributed by atoms with E-state index in [2.05, 4.69) is 20.1 Å². The summed E-state index contributed by atoms with van der Waals surface area (Å²) in [5.74, 6) is -0.767. The number of fused-ring (bicyclic) bond motifs is 1. The summed E-state index contributed by atoms with van der Waals surface area (Å²) in [5.41, 5.74) is 5.39. The Morgan fingerprint density at radius 2 is 1.88 bits per heavy atom. The zero-order valence-corrected chi connectivity index (χ0v) is 19.0. The molecule has 1 amide bonds. The summed E-state index contributed by atoms with van der Waals surface area (Å²) in [4.78, 5) is 16.9. The first-order valence-corrected chi connectivity index (χ1v) is 11.3. The van der Waals surface area contributed by atoms with Gasteiger partial charge in [0.15, 0.2) is 5.16 Å². The first-order chi connectivity index (χ1) is 15.5. The fraction of sp³-hybridized carbons (Fsp3) is 0.0870. The summed E-state index contributed by atoms with van der Waals surface area (Å²) in [6, 6.07) is 19.7. The minimum atomic E-state index is -0.513. The van der Waals surface area contributed by atoms with Crippen molar-refractivity contribution >= 4 is 58.1 Å². The van der Waals surface area contributed by atoms with Gasteiger partial charge in [0.2, 0.25) is 0 Å². The molecule has 9 heteroatoms. The van der Waals surface area contributed by atoms with Gasteiger partial charge in [-0.2, -0.15) is 5.10 Å². The molecule has 5 nitrogen and oxygen atoms in total. The molecular formula is C23H17Cl2FN4OS. The number of hydrogen-bond donors (Lipinski definition) is 1. The largest absolute Gasteiger partial charge is 0.314 e. The summed E-state index contributed by atoms with van der Waals surface area (Å²) in [6.07, 6.45) is 1.19. The van der Waals surface area contributed by atoms with Gasteiger partial charge in [0.25, 0.3) is 5.91 Å². The second kappa shape index (κ2) is 10.2. The summed E-state index contributed by atoms with van der Waals surface area (Å²) < 4.78 is 15.8. The van der Waals surface area contributed by atoms with E-state index >= 15 is 0 Å². The van der Waals surface area contributed by atoms with Crippen LogP contribution in [0.15, 0.2) is 77.0 Å². The average Bonchev–Trinajstić information content (AvgIpc) is 3.13. The third-order valence-electron chi connectivity index (χ3n) is 4.59. The summed E-state index contributed by atoms with van der Waals surface area (Å²) in [6.45, 7) is 0.589. The smallest absolute Gasteiger partial charge is 0.250 e. The van der Waals surface area contributed by atoms with Crippen molar-refractivity contribution in [2.75, 3.05) is 5.75 Å². The summed E-state index contributed by atoms with van der Waals surface area (Å²) in [7, 11) is 0. The highest BCUT2D eigenvalue weighted by Gasteiger charge is 2.13. The highest BCUT2D eigenvalue weighted by Crippen LogP contribution is 2.25. The summed E-state index contributed by atoms with van der Waals surface area (Å²) in [5, 5.41) is 5.41. The average molecular weight is 487 g/mol. The van der Waals surface area contributed by atoms with Gasteiger partial charge in [0.05, 0.1) is 34.6 Å². The number of hydrazone groups is 1. The summed E-state index contributed by atoms with van der Waals surface area (Å²) >= 11 is 13.2. The molecule has 0 aliphatic carbocycles. The molecule has 0 aliphatic rings. The molecule has 0 spiro atoms. The van der Waals surface area contributed by atoms with Gasteiger partial charge in [0, 0.05) is 10.6 Å². The number of amides is 1. The van der Waals surface area contributed by atoms with Crippen molar-refractivity contribution in [1.29, 1.82) is 0 Å². The zero-order chi connectivity index (χ0) is 22.5. The quantitative estimate of drug-likeness (QED) is 0.205. The molecule has 32 heavy (non-hydrogen) atoms. The third kappa shape index (κ3) is 5.30. The van der Waals surface area contributed by atoms with E-state index in [9.17, 15) is 9.18 Å². The van der Waals surface area contributed by atoms with Crippen LogP contribution in [0, 0.1) is 5.82 Å². The lowest BCUT2D eigenvalue weighted by molar-refractivity contribution is -0.118. The third-order valence-corrected chi connectivity index (χ3v) is 6.15. The van der Waals surface area contributed by atoms with Crippen LogP contribution in [-0.2, 0) is 11.3 Å². The second-order valence-electron chi connectivity index (χ2n) is 6.81. The van der Waals surface area contributed by atoms with Crippen LogP contribution in [-0.4, -0.2) is 27.4 Å². The SMILES string of the molecule is O=C(CSc1nc2ccccc2n1Cc1ccc(Cl)cc1)N/N=C/c1c(F)cccc1Cl. The van der Waals surface area contributed by atoms with Crippen molar-refractivity contribution in [2.24, 2.45) is 5.10 Å². The number of rotatable bonds is 7. The second-order valence-corrected chi connectivity index (χ2v) is 8.60. The molecular weight excluding hydrogens is 470 g/mol. The number of para-hydroxylation sites is 2. The molecule has 0 radical (unpaired) electrons. The molecule has 0 saturated carbocycles. The Labute approximate surface area is 198 Å². The van der Waals surface area contributed by atoms with Crippen molar-refractivity contribution in [2.45, 2.75) is 11.7 Å². The van der Waals surface area contributed by atoms with Gasteiger partial charge < -0.3 is 4.57 Å². The molecule has 1 N–H and O–H groups in total. The lowest BCUT2D eigenvalue weighted by Gasteiger charge is -2.09. The molecule has 0 aliphatic heterocycles. The maximum absolute atomic E-state index is 13.8. The number of carbonyl (C=O) groups excluding carboxylic acids is 1. The van der Waals surface area contributed by atoms with E-state index in [1.807, 2.05) is 48.5 Å². The Balaban J connectivity index is 1.46. The van der Waals surface area contributed by atoms with Crippen molar-refractivity contribution in [3.05, 3.63) is 93.7 Å². The number of benzene rings is 3. The van der Waals surface area contributed by atoms with Crippen LogP contribution < -0.4 is 5.43 Å². The van der Waals surface area contributed by atoms with Gasteiger partial charge in [-0.1, -0.05) is 65.3 Å². The number of imidazole rings is 1. The van der Waals surface area contributed by atoms with Crippen LogP contribution in [0.4, 0.5) is 4.39 Å². The van der Waals surface area contributed by atoms with Crippen LogP contribution in [0.1, 0.15) is 11.1 Å². The lowest BCUT2D eigenvalue weighted by atomic mass is 10.2. The minimum Gasteiger partial charge on any atom is -0.314 e. The minimum absolute atomic E-state index is 0.0896. The van der Waals surface area contributed by atoms with Gasteiger partial charge in [-0.3, -0.25) is 4.79 Å². The molecule has 4 aromatic rings. The van der Waals surface area contributed by atoms with E-state index in [-0.39, 0.29) is 22.2 Å². The molecule has 0 bridgehead atoms. The topological polar surface area (TPSA) is 59.3 Å². The Kier molecular flexibility index (Phi) is 7.09. The fourth-order valence-corrected chi connectivity index (χ4v) is 4.20. The monoisotopic (exact) mass is 486 g/mol. The molecule has 162 valence electrons. The lowest BCUT2D eigenvalue weighted by Crippen LogP contribution is -2.20. The van der Waals surface area contributed by atoms with E-state index in [1.54, 1.807) is 6.07 Å².